The molecular weight excluding hydrogens is 382 g/mol. The van der Waals surface area contributed by atoms with E-state index in [1.165, 1.54) is 7.11 Å². The second kappa shape index (κ2) is 11.8. The van der Waals surface area contributed by atoms with Crippen LogP contribution in [0.15, 0.2) is 54.6 Å². The molecule has 1 unspecified atom stereocenters. The van der Waals surface area contributed by atoms with Crippen molar-refractivity contribution >= 4 is 17.7 Å². The van der Waals surface area contributed by atoms with Gasteiger partial charge in [0, 0.05) is 31.5 Å². The minimum Gasteiger partial charge on any atom is -0.497 e. The van der Waals surface area contributed by atoms with E-state index in [1.54, 1.807) is 43.2 Å². The summed E-state index contributed by atoms with van der Waals surface area (Å²) in [7, 11) is 2.91. The standard InChI is InChI=1S/C24H29NO5/c1-18(24(28)30-3)16-25(17-19-8-5-4-6-9-19)23(27)11-7-10-22(26)20-12-14-21(29-2)15-13-20/h4-6,8-9,12-15,18H,7,10-11,16-17H2,1-3H3. The van der Waals surface area contributed by atoms with Crippen molar-refractivity contribution < 1.29 is 23.9 Å². The summed E-state index contributed by atoms with van der Waals surface area (Å²) in [4.78, 5) is 38.7. The molecule has 0 aromatic heterocycles. The first-order valence-corrected chi connectivity index (χ1v) is 10.0. The lowest BCUT2D eigenvalue weighted by atomic mass is 10.0. The minimum atomic E-state index is -0.427. The molecule has 2 aromatic carbocycles. The number of hydrogen-bond acceptors (Lipinski definition) is 5. The molecule has 0 heterocycles. The van der Waals surface area contributed by atoms with Crippen LogP contribution in [0.3, 0.4) is 0 Å². The maximum Gasteiger partial charge on any atom is 0.310 e. The van der Waals surface area contributed by atoms with Gasteiger partial charge in [0.25, 0.3) is 0 Å². The van der Waals surface area contributed by atoms with Gasteiger partial charge in [0.15, 0.2) is 5.78 Å². The van der Waals surface area contributed by atoms with E-state index in [1.807, 2.05) is 30.3 Å². The molecule has 0 aliphatic heterocycles. The van der Waals surface area contributed by atoms with Crippen molar-refractivity contribution in [3.05, 3.63) is 65.7 Å². The van der Waals surface area contributed by atoms with Gasteiger partial charge in [-0.25, -0.2) is 0 Å². The van der Waals surface area contributed by atoms with E-state index in [-0.39, 0.29) is 37.0 Å². The molecule has 1 amide bonds. The van der Waals surface area contributed by atoms with Crippen molar-refractivity contribution in [2.75, 3.05) is 20.8 Å². The van der Waals surface area contributed by atoms with Gasteiger partial charge in [-0.15, -0.1) is 0 Å². The smallest absolute Gasteiger partial charge is 0.310 e. The Bertz CT molecular complexity index is 832. The van der Waals surface area contributed by atoms with Gasteiger partial charge >= 0.3 is 5.97 Å². The topological polar surface area (TPSA) is 72.9 Å². The molecular formula is C24H29NO5. The first-order chi connectivity index (χ1) is 14.4. The van der Waals surface area contributed by atoms with Crippen molar-refractivity contribution in [2.45, 2.75) is 32.7 Å². The first-order valence-electron chi connectivity index (χ1n) is 10.0. The summed E-state index contributed by atoms with van der Waals surface area (Å²) in [5.74, 6) is -0.183. The van der Waals surface area contributed by atoms with Gasteiger partial charge in [0.2, 0.25) is 5.91 Å². The summed E-state index contributed by atoms with van der Waals surface area (Å²) in [5, 5.41) is 0. The third kappa shape index (κ3) is 7.03. The van der Waals surface area contributed by atoms with Gasteiger partial charge in [0.05, 0.1) is 20.1 Å². The number of hydrogen-bond donors (Lipinski definition) is 0. The van der Waals surface area contributed by atoms with Crippen LogP contribution in [0, 0.1) is 5.92 Å². The fourth-order valence-electron chi connectivity index (χ4n) is 3.14. The summed E-state index contributed by atoms with van der Waals surface area (Å²) >= 11 is 0. The number of amides is 1. The Morgan fingerprint density at radius 2 is 1.60 bits per heavy atom. The van der Waals surface area contributed by atoms with Crippen molar-refractivity contribution in [1.29, 1.82) is 0 Å². The SMILES string of the molecule is COC(=O)C(C)CN(Cc1ccccc1)C(=O)CCCC(=O)c1ccc(OC)cc1. The second-order valence-corrected chi connectivity index (χ2v) is 7.19. The molecule has 30 heavy (non-hydrogen) atoms. The number of esters is 1. The molecule has 160 valence electrons. The Kier molecular flexibility index (Phi) is 9.06. The summed E-state index contributed by atoms with van der Waals surface area (Å²) in [6, 6.07) is 16.6. The number of benzene rings is 2. The number of Topliss-reactive ketones (excluding diaryl/α,β-unsaturated/α-hetero) is 1. The molecule has 0 spiro atoms. The van der Waals surface area contributed by atoms with Gasteiger partial charge in [-0.2, -0.15) is 0 Å². The molecule has 0 fully saturated rings. The van der Waals surface area contributed by atoms with Crippen molar-refractivity contribution in [3.8, 4) is 5.75 Å². The average molecular weight is 411 g/mol. The van der Waals surface area contributed by atoms with Gasteiger partial charge in [-0.3, -0.25) is 14.4 Å². The Morgan fingerprint density at radius 1 is 0.933 bits per heavy atom. The summed E-state index contributed by atoms with van der Waals surface area (Å²) in [6.07, 6.45) is 0.966. The van der Waals surface area contributed by atoms with E-state index >= 15 is 0 Å². The molecule has 0 radical (unpaired) electrons. The zero-order valence-electron chi connectivity index (χ0n) is 17.8. The number of nitrogens with zero attached hydrogens (tertiary/aromatic N) is 1. The van der Waals surface area contributed by atoms with Crippen LogP contribution in [0.25, 0.3) is 0 Å². The lowest BCUT2D eigenvalue weighted by Crippen LogP contribution is -2.36. The molecule has 1 atom stereocenters. The van der Waals surface area contributed by atoms with Crippen LogP contribution in [0.2, 0.25) is 0 Å². The molecule has 2 aromatic rings. The Morgan fingerprint density at radius 3 is 2.20 bits per heavy atom. The Hall–Kier alpha value is -3.15. The number of ketones is 1. The molecule has 6 heteroatoms. The van der Waals surface area contributed by atoms with E-state index in [4.69, 9.17) is 9.47 Å². The van der Waals surface area contributed by atoms with E-state index in [0.29, 0.717) is 24.3 Å². The highest BCUT2D eigenvalue weighted by Crippen LogP contribution is 2.15. The van der Waals surface area contributed by atoms with Crippen LogP contribution in [-0.4, -0.2) is 43.3 Å². The molecule has 0 saturated heterocycles. The van der Waals surface area contributed by atoms with E-state index in [9.17, 15) is 14.4 Å². The largest absolute Gasteiger partial charge is 0.497 e. The van der Waals surface area contributed by atoms with Crippen LogP contribution in [0.4, 0.5) is 0 Å². The van der Waals surface area contributed by atoms with E-state index in [2.05, 4.69) is 0 Å². The lowest BCUT2D eigenvalue weighted by Gasteiger charge is -2.25. The molecule has 0 aliphatic carbocycles. The minimum absolute atomic E-state index is 0.0111. The number of ether oxygens (including phenoxy) is 2. The predicted molar refractivity (Wildman–Crippen MR) is 114 cm³/mol. The molecule has 0 saturated carbocycles. The quantitative estimate of drug-likeness (QED) is 0.414. The summed E-state index contributed by atoms with van der Waals surface area (Å²) < 4.78 is 9.89. The van der Waals surface area contributed by atoms with Gasteiger partial charge in [0.1, 0.15) is 5.75 Å². The highest BCUT2D eigenvalue weighted by Gasteiger charge is 2.22. The predicted octanol–water partition coefficient (Wildman–Crippen LogP) is 3.89. The molecule has 6 nitrogen and oxygen atoms in total. The van der Waals surface area contributed by atoms with Crippen molar-refractivity contribution in [2.24, 2.45) is 5.92 Å². The third-order valence-electron chi connectivity index (χ3n) is 4.87. The van der Waals surface area contributed by atoms with E-state index in [0.717, 1.165) is 5.56 Å². The summed E-state index contributed by atoms with van der Waals surface area (Å²) in [5.41, 5.74) is 1.58. The first kappa shape index (κ1) is 23.1. The normalized spacial score (nSPS) is 11.4. The fraction of sp³-hybridized carbons (Fsp3) is 0.375. The van der Waals surface area contributed by atoms with Crippen LogP contribution in [0.5, 0.6) is 5.75 Å². The van der Waals surface area contributed by atoms with Crippen LogP contribution < -0.4 is 4.74 Å². The average Bonchev–Trinajstić information content (AvgIpc) is 2.78. The number of carbonyl (C=O) groups is 3. The zero-order chi connectivity index (χ0) is 21.9. The maximum absolute atomic E-state index is 12.8. The van der Waals surface area contributed by atoms with Gasteiger partial charge in [-0.05, 0) is 36.2 Å². The Balaban J connectivity index is 1.94. The van der Waals surface area contributed by atoms with Crippen LogP contribution in [0.1, 0.15) is 42.1 Å². The summed E-state index contributed by atoms with van der Waals surface area (Å²) in [6.45, 7) is 2.42. The highest BCUT2D eigenvalue weighted by atomic mass is 16.5. The van der Waals surface area contributed by atoms with Gasteiger partial charge < -0.3 is 14.4 Å². The fourth-order valence-corrected chi connectivity index (χ4v) is 3.14. The third-order valence-corrected chi connectivity index (χ3v) is 4.87. The molecule has 0 N–H and O–H groups in total. The Labute approximate surface area is 177 Å². The van der Waals surface area contributed by atoms with Gasteiger partial charge in [-0.1, -0.05) is 37.3 Å². The van der Waals surface area contributed by atoms with Crippen LogP contribution in [-0.2, 0) is 20.9 Å². The maximum atomic E-state index is 12.8. The monoisotopic (exact) mass is 411 g/mol. The number of rotatable bonds is 11. The lowest BCUT2D eigenvalue weighted by molar-refractivity contribution is -0.146. The van der Waals surface area contributed by atoms with Crippen LogP contribution >= 0.6 is 0 Å². The molecule has 0 aliphatic rings. The molecule has 0 bridgehead atoms. The van der Waals surface area contributed by atoms with E-state index < -0.39 is 5.92 Å². The molecule has 2 rings (SSSR count). The van der Waals surface area contributed by atoms with Crippen molar-refractivity contribution in [3.63, 3.8) is 0 Å². The number of methoxy groups -OCH3 is 2. The number of carbonyl (C=O) groups excluding carboxylic acids is 3. The van der Waals surface area contributed by atoms with Crippen molar-refractivity contribution in [1.82, 2.24) is 4.90 Å². The highest BCUT2D eigenvalue weighted by molar-refractivity contribution is 5.96. The zero-order valence-corrected chi connectivity index (χ0v) is 17.8. The second-order valence-electron chi connectivity index (χ2n) is 7.19.